The van der Waals surface area contributed by atoms with Gasteiger partial charge in [0.05, 0.1) is 13.1 Å². The number of rotatable bonds is 6. The van der Waals surface area contributed by atoms with E-state index in [0.29, 0.717) is 11.4 Å². The second-order valence-electron chi connectivity index (χ2n) is 4.58. The number of anilines is 2. The van der Waals surface area contributed by atoms with Gasteiger partial charge in [0, 0.05) is 11.4 Å². The summed E-state index contributed by atoms with van der Waals surface area (Å²) in [6.07, 6.45) is 0. The third kappa shape index (κ3) is 4.98. The minimum absolute atomic E-state index is 0.415. The van der Waals surface area contributed by atoms with Crippen LogP contribution in [-0.4, -0.2) is 19.0 Å². The molecule has 0 aromatic heterocycles. The van der Waals surface area contributed by atoms with E-state index in [9.17, 15) is 17.6 Å². The standard InChI is InChI=1S/C15H14F4N2/c16-11-1-5-13(6-2-11)20-9-15(18,19)10-21-14-7-3-12(17)4-8-14/h1-8,20-21H,9-10H2. The summed E-state index contributed by atoms with van der Waals surface area (Å²) < 4.78 is 52.7. The van der Waals surface area contributed by atoms with Crippen LogP contribution >= 0.6 is 0 Å². The Bertz CT molecular complexity index is 516. The van der Waals surface area contributed by atoms with Gasteiger partial charge in [0.2, 0.25) is 0 Å². The molecule has 6 heteroatoms. The Morgan fingerprint density at radius 2 is 1.00 bits per heavy atom. The number of hydrogen-bond donors (Lipinski definition) is 2. The smallest absolute Gasteiger partial charge is 0.281 e. The Kier molecular flexibility index (Phi) is 4.67. The minimum atomic E-state index is -3.01. The van der Waals surface area contributed by atoms with Crippen molar-refractivity contribution in [1.82, 2.24) is 0 Å². The van der Waals surface area contributed by atoms with Gasteiger partial charge in [-0.25, -0.2) is 17.6 Å². The first-order valence-electron chi connectivity index (χ1n) is 6.31. The first-order valence-corrected chi connectivity index (χ1v) is 6.31. The third-order valence-corrected chi connectivity index (χ3v) is 2.79. The Labute approximate surface area is 119 Å². The summed E-state index contributed by atoms with van der Waals surface area (Å²) in [5, 5.41) is 5.08. The molecule has 2 nitrogen and oxygen atoms in total. The highest BCUT2D eigenvalue weighted by atomic mass is 19.3. The topological polar surface area (TPSA) is 24.1 Å². The lowest BCUT2D eigenvalue weighted by molar-refractivity contribution is 0.0300. The number of halogens is 4. The van der Waals surface area contributed by atoms with Crippen molar-refractivity contribution in [3.8, 4) is 0 Å². The summed E-state index contributed by atoms with van der Waals surface area (Å²) in [6.45, 7) is -1.18. The molecule has 2 N–H and O–H groups in total. The molecule has 0 aliphatic carbocycles. The van der Waals surface area contributed by atoms with Gasteiger partial charge in [-0.15, -0.1) is 0 Å². The van der Waals surface area contributed by atoms with Gasteiger partial charge in [-0.05, 0) is 48.5 Å². The summed E-state index contributed by atoms with van der Waals surface area (Å²) in [5.41, 5.74) is 0.829. The first-order chi connectivity index (χ1) is 9.94. The van der Waals surface area contributed by atoms with Gasteiger partial charge >= 0.3 is 0 Å². The van der Waals surface area contributed by atoms with Crippen molar-refractivity contribution in [3.63, 3.8) is 0 Å². The van der Waals surface area contributed by atoms with E-state index < -0.39 is 30.6 Å². The molecule has 0 saturated carbocycles. The molecule has 0 amide bonds. The van der Waals surface area contributed by atoms with Gasteiger partial charge < -0.3 is 10.6 Å². The van der Waals surface area contributed by atoms with E-state index in [1.165, 1.54) is 48.5 Å². The number of nitrogens with one attached hydrogen (secondary N) is 2. The molecule has 0 unspecified atom stereocenters. The summed E-state index contributed by atoms with van der Waals surface area (Å²) in [7, 11) is 0. The van der Waals surface area contributed by atoms with Gasteiger partial charge in [0.15, 0.2) is 0 Å². The van der Waals surface area contributed by atoms with Crippen molar-refractivity contribution >= 4 is 11.4 Å². The van der Waals surface area contributed by atoms with E-state index in [0.717, 1.165) is 0 Å². The van der Waals surface area contributed by atoms with Crippen molar-refractivity contribution in [3.05, 3.63) is 60.2 Å². The molecule has 2 aromatic rings. The van der Waals surface area contributed by atoms with Gasteiger partial charge in [0.25, 0.3) is 5.92 Å². The summed E-state index contributed by atoms with van der Waals surface area (Å²) in [4.78, 5) is 0. The highest BCUT2D eigenvalue weighted by Crippen LogP contribution is 2.18. The highest BCUT2D eigenvalue weighted by Gasteiger charge is 2.28. The maximum atomic E-state index is 13.7. The zero-order valence-electron chi connectivity index (χ0n) is 11.0. The van der Waals surface area contributed by atoms with Gasteiger partial charge in [-0.3, -0.25) is 0 Å². The van der Waals surface area contributed by atoms with Crippen LogP contribution in [0.1, 0.15) is 0 Å². The molecule has 0 aliphatic heterocycles. The molecule has 0 heterocycles. The fraction of sp³-hybridized carbons (Fsp3) is 0.200. The SMILES string of the molecule is Fc1ccc(NCC(F)(F)CNc2ccc(F)cc2)cc1. The molecular weight excluding hydrogens is 284 g/mol. The summed E-state index contributed by atoms with van der Waals surface area (Å²) in [6, 6.07) is 10.3. The highest BCUT2D eigenvalue weighted by molar-refractivity contribution is 5.44. The Morgan fingerprint density at radius 1 is 0.667 bits per heavy atom. The molecule has 21 heavy (non-hydrogen) atoms. The maximum absolute atomic E-state index is 13.7. The van der Waals surface area contributed by atoms with Crippen LogP contribution in [0.3, 0.4) is 0 Å². The summed E-state index contributed by atoms with van der Waals surface area (Å²) >= 11 is 0. The van der Waals surface area contributed by atoms with Crippen LogP contribution in [-0.2, 0) is 0 Å². The second-order valence-corrected chi connectivity index (χ2v) is 4.58. The molecule has 0 bridgehead atoms. The molecule has 2 aromatic carbocycles. The molecule has 0 aliphatic rings. The van der Waals surface area contributed by atoms with E-state index in [-0.39, 0.29) is 0 Å². The van der Waals surface area contributed by atoms with E-state index in [4.69, 9.17) is 0 Å². The van der Waals surface area contributed by atoms with Crippen molar-refractivity contribution in [2.75, 3.05) is 23.7 Å². The van der Waals surface area contributed by atoms with Gasteiger partial charge in [0.1, 0.15) is 11.6 Å². The number of benzene rings is 2. The van der Waals surface area contributed by atoms with Crippen molar-refractivity contribution in [1.29, 1.82) is 0 Å². The van der Waals surface area contributed by atoms with Crippen molar-refractivity contribution in [2.24, 2.45) is 0 Å². The first kappa shape index (κ1) is 15.2. The fourth-order valence-electron chi connectivity index (χ4n) is 1.66. The predicted molar refractivity (Wildman–Crippen MR) is 74.7 cm³/mol. The van der Waals surface area contributed by atoms with Gasteiger partial charge in [-0.1, -0.05) is 0 Å². The lowest BCUT2D eigenvalue weighted by atomic mass is 10.2. The van der Waals surface area contributed by atoms with Crippen LogP contribution in [0.25, 0.3) is 0 Å². The minimum Gasteiger partial charge on any atom is -0.379 e. The van der Waals surface area contributed by atoms with E-state index >= 15 is 0 Å². The molecule has 0 atom stereocenters. The third-order valence-electron chi connectivity index (χ3n) is 2.79. The van der Waals surface area contributed by atoms with Crippen LogP contribution < -0.4 is 10.6 Å². The molecule has 0 fully saturated rings. The van der Waals surface area contributed by atoms with Crippen LogP contribution in [0.15, 0.2) is 48.5 Å². The van der Waals surface area contributed by atoms with Crippen LogP contribution in [0.2, 0.25) is 0 Å². The molecule has 112 valence electrons. The molecule has 0 spiro atoms. The Balaban J connectivity index is 1.83. The predicted octanol–water partition coefficient (Wildman–Crippen LogP) is 4.12. The largest absolute Gasteiger partial charge is 0.379 e. The lowest BCUT2D eigenvalue weighted by Crippen LogP contribution is -2.34. The Morgan fingerprint density at radius 3 is 1.33 bits per heavy atom. The van der Waals surface area contributed by atoms with E-state index in [1.54, 1.807) is 0 Å². The lowest BCUT2D eigenvalue weighted by Gasteiger charge is -2.19. The fourth-order valence-corrected chi connectivity index (χ4v) is 1.66. The summed E-state index contributed by atoms with van der Waals surface area (Å²) in [5.74, 6) is -3.86. The quantitative estimate of drug-likeness (QED) is 0.784. The average Bonchev–Trinajstić information content (AvgIpc) is 2.46. The van der Waals surface area contributed by atoms with Crippen LogP contribution in [0.4, 0.5) is 28.9 Å². The molecule has 2 rings (SSSR count). The normalized spacial score (nSPS) is 11.2. The second kappa shape index (κ2) is 6.47. The number of hydrogen-bond acceptors (Lipinski definition) is 2. The number of alkyl halides is 2. The molecule has 0 radical (unpaired) electrons. The van der Waals surface area contributed by atoms with E-state index in [1.807, 2.05) is 0 Å². The Hall–Kier alpha value is -2.24. The van der Waals surface area contributed by atoms with Crippen molar-refractivity contribution < 1.29 is 17.6 Å². The average molecular weight is 298 g/mol. The van der Waals surface area contributed by atoms with Gasteiger partial charge in [-0.2, -0.15) is 0 Å². The zero-order chi connectivity index (χ0) is 15.3. The monoisotopic (exact) mass is 298 g/mol. The van der Waals surface area contributed by atoms with Crippen LogP contribution in [0, 0.1) is 11.6 Å². The molecule has 0 saturated heterocycles. The van der Waals surface area contributed by atoms with E-state index in [2.05, 4.69) is 10.6 Å². The molecular formula is C15H14F4N2. The zero-order valence-corrected chi connectivity index (χ0v) is 11.0. The maximum Gasteiger partial charge on any atom is 0.281 e. The van der Waals surface area contributed by atoms with Crippen LogP contribution in [0.5, 0.6) is 0 Å². The van der Waals surface area contributed by atoms with Crippen molar-refractivity contribution in [2.45, 2.75) is 5.92 Å².